The van der Waals surface area contributed by atoms with E-state index in [-0.39, 0.29) is 23.8 Å². The first-order chi connectivity index (χ1) is 16.0. The Bertz CT molecular complexity index is 1150. The van der Waals surface area contributed by atoms with Gasteiger partial charge in [-0.05, 0) is 42.9 Å². The van der Waals surface area contributed by atoms with Crippen LogP contribution in [0, 0.1) is 10.1 Å². The Morgan fingerprint density at radius 2 is 1.79 bits per heavy atom. The number of hydrogen-bond donors (Lipinski definition) is 1. The second-order valence-corrected chi connectivity index (χ2v) is 7.54. The lowest BCUT2D eigenvalue weighted by atomic mass is 10.0. The maximum atomic E-state index is 13.5. The van der Waals surface area contributed by atoms with Crippen LogP contribution in [-0.4, -0.2) is 36.7 Å². The van der Waals surface area contributed by atoms with Crippen LogP contribution in [0.3, 0.4) is 0 Å². The van der Waals surface area contributed by atoms with Gasteiger partial charge in [0, 0.05) is 12.2 Å². The van der Waals surface area contributed by atoms with Gasteiger partial charge in [-0.2, -0.15) is 0 Å². The second kappa shape index (κ2) is 9.58. The average molecular weight is 449 g/mol. The number of nitrogens with one attached hydrogen (secondary N) is 1. The van der Waals surface area contributed by atoms with E-state index in [9.17, 15) is 14.9 Å². The number of anilines is 1. The molecule has 1 atom stereocenters. The summed E-state index contributed by atoms with van der Waals surface area (Å²) in [5, 5.41) is 14.8. The maximum Gasteiger partial charge on any atom is 0.278 e. The standard InChI is InChI=1S/C24H23N3O6/c1-26(14-16-6-4-3-5-7-16)23(24(28)25-17-8-10-18(31-2)11-9-17)19-12-21-22(33-15-32-21)13-20(19)27(29)30/h3-13,23H,14-15H2,1-2H3,(H,25,28)/t23-/m0/s1. The summed E-state index contributed by atoms with van der Waals surface area (Å²) in [7, 11) is 3.31. The van der Waals surface area contributed by atoms with E-state index in [2.05, 4.69) is 5.32 Å². The lowest BCUT2D eigenvalue weighted by molar-refractivity contribution is -0.385. The van der Waals surface area contributed by atoms with Crippen LogP contribution in [0.1, 0.15) is 17.2 Å². The number of ether oxygens (including phenoxy) is 3. The summed E-state index contributed by atoms with van der Waals surface area (Å²) in [6.45, 7) is 0.367. The van der Waals surface area contributed by atoms with Crippen LogP contribution in [0.4, 0.5) is 11.4 Å². The van der Waals surface area contributed by atoms with Crippen molar-refractivity contribution in [2.24, 2.45) is 0 Å². The molecular weight excluding hydrogens is 426 g/mol. The minimum Gasteiger partial charge on any atom is -0.497 e. The third-order valence-corrected chi connectivity index (χ3v) is 5.33. The highest BCUT2D eigenvalue weighted by molar-refractivity contribution is 5.96. The molecule has 0 unspecified atom stereocenters. The van der Waals surface area contributed by atoms with Crippen molar-refractivity contribution >= 4 is 17.3 Å². The van der Waals surface area contributed by atoms with Gasteiger partial charge in [-0.15, -0.1) is 0 Å². The molecule has 1 aliphatic heterocycles. The average Bonchev–Trinajstić information content (AvgIpc) is 3.27. The summed E-state index contributed by atoms with van der Waals surface area (Å²) in [6.07, 6.45) is 0. The number of carbonyl (C=O) groups excluding carboxylic acids is 1. The Balaban J connectivity index is 1.72. The van der Waals surface area contributed by atoms with Crippen molar-refractivity contribution in [3.05, 3.63) is 88.0 Å². The van der Waals surface area contributed by atoms with Gasteiger partial charge >= 0.3 is 0 Å². The van der Waals surface area contributed by atoms with E-state index >= 15 is 0 Å². The van der Waals surface area contributed by atoms with Gasteiger partial charge < -0.3 is 19.5 Å². The summed E-state index contributed by atoms with van der Waals surface area (Å²) >= 11 is 0. The fourth-order valence-electron chi connectivity index (χ4n) is 3.75. The lowest BCUT2D eigenvalue weighted by Crippen LogP contribution is -2.35. The minimum absolute atomic E-state index is 0.0293. The molecule has 3 aromatic carbocycles. The minimum atomic E-state index is -0.970. The van der Waals surface area contributed by atoms with Crippen molar-refractivity contribution in [1.82, 2.24) is 4.90 Å². The second-order valence-electron chi connectivity index (χ2n) is 7.54. The molecule has 0 fully saturated rings. The molecule has 0 radical (unpaired) electrons. The molecule has 170 valence electrons. The summed E-state index contributed by atoms with van der Waals surface area (Å²) in [4.78, 5) is 26.6. The molecule has 0 bridgehead atoms. The molecule has 1 heterocycles. The van der Waals surface area contributed by atoms with Crippen molar-refractivity contribution in [3.63, 3.8) is 0 Å². The molecule has 0 spiro atoms. The Kier molecular flexibility index (Phi) is 6.41. The molecule has 0 saturated heterocycles. The van der Waals surface area contributed by atoms with Gasteiger partial charge in [-0.25, -0.2) is 0 Å². The zero-order valence-corrected chi connectivity index (χ0v) is 18.2. The molecule has 3 aromatic rings. The van der Waals surface area contributed by atoms with Crippen LogP contribution in [0.2, 0.25) is 0 Å². The van der Waals surface area contributed by atoms with E-state index in [1.54, 1.807) is 43.3 Å². The van der Waals surface area contributed by atoms with E-state index in [0.29, 0.717) is 23.7 Å². The topological polar surface area (TPSA) is 103 Å². The first-order valence-electron chi connectivity index (χ1n) is 10.2. The van der Waals surface area contributed by atoms with Crippen LogP contribution in [0.25, 0.3) is 0 Å². The van der Waals surface area contributed by atoms with Crippen LogP contribution >= 0.6 is 0 Å². The van der Waals surface area contributed by atoms with Crippen molar-refractivity contribution in [3.8, 4) is 17.2 Å². The number of nitro benzene ring substituents is 1. The highest BCUT2D eigenvalue weighted by atomic mass is 16.7. The zero-order valence-electron chi connectivity index (χ0n) is 18.2. The Morgan fingerprint density at radius 3 is 2.42 bits per heavy atom. The van der Waals surface area contributed by atoms with E-state index < -0.39 is 16.9 Å². The molecule has 1 amide bonds. The van der Waals surface area contributed by atoms with Crippen molar-refractivity contribution in [2.75, 3.05) is 26.3 Å². The Hall–Kier alpha value is -4.11. The number of carbonyl (C=O) groups is 1. The summed E-state index contributed by atoms with van der Waals surface area (Å²) in [5.74, 6) is 0.883. The summed E-state index contributed by atoms with van der Waals surface area (Å²) in [6, 6.07) is 18.3. The quantitative estimate of drug-likeness (QED) is 0.407. The maximum absolute atomic E-state index is 13.5. The number of amides is 1. The third-order valence-electron chi connectivity index (χ3n) is 5.33. The molecule has 9 nitrogen and oxygen atoms in total. The Labute approximate surface area is 190 Å². The highest BCUT2D eigenvalue weighted by Gasteiger charge is 2.34. The van der Waals surface area contributed by atoms with E-state index in [0.717, 1.165) is 5.56 Å². The van der Waals surface area contributed by atoms with Crippen LogP contribution < -0.4 is 19.5 Å². The number of rotatable bonds is 8. The number of nitrogens with zero attached hydrogens (tertiary/aromatic N) is 2. The number of benzene rings is 3. The fraction of sp³-hybridized carbons (Fsp3) is 0.208. The third kappa shape index (κ3) is 4.88. The van der Waals surface area contributed by atoms with Crippen molar-refractivity contribution in [1.29, 1.82) is 0 Å². The lowest BCUT2D eigenvalue weighted by Gasteiger charge is -2.27. The van der Waals surface area contributed by atoms with Gasteiger partial charge in [0.1, 0.15) is 11.8 Å². The first-order valence-corrected chi connectivity index (χ1v) is 10.2. The summed E-state index contributed by atoms with van der Waals surface area (Å²) in [5.41, 5.74) is 1.51. The van der Waals surface area contributed by atoms with Gasteiger partial charge in [0.05, 0.1) is 23.7 Å². The first kappa shape index (κ1) is 22.1. The highest BCUT2D eigenvalue weighted by Crippen LogP contribution is 2.42. The predicted molar refractivity (Wildman–Crippen MR) is 121 cm³/mol. The fourth-order valence-corrected chi connectivity index (χ4v) is 3.75. The molecule has 33 heavy (non-hydrogen) atoms. The largest absolute Gasteiger partial charge is 0.497 e. The molecule has 0 aromatic heterocycles. The van der Waals surface area contributed by atoms with Gasteiger partial charge in [0.15, 0.2) is 11.5 Å². The van der Waals surface area contributed by atoms with E-state index in [1.807, 2.05) is 30.3 Å². The molecule has 1 aliphatic rings. The van der Waals surface area contributed by atoms with Gasteiger partial charge in [0.2, 0.25) is 12.7 Å². The number of nitro groups is 1. The number of likely N-dealkylation sites (N-methyl/N-ethyl adjacent to an activating group) is 1. The summed E-state index contributed by atoms with van der Waals surface area (Å²) < 4.78 is 15.9. The van der Waals surface area contributed by atoms with Crippen LogP contribution in [-0.2, 0) is 11.3 Å². The number of methoxy groups -OCH3 is 1. The predicted octanol–water partition coefficient (Wildman–Crippen LogP) is 4.14. The van der Waals surface area contributed by atoms with Crippen LogP contribution in [0.5, 0.6) is 17.2 Å². The molecular formula is C24H23N3O6. The van der Waals surface area contributed by atoms with Gasteiger partial charge in [-0.1, -0.05) is 30.3 Å². The Morgan fingerprint density at radius 1 is 1.12 bits per heavy atom. The molecule has 0 aliphatic carbocycles. The van der Waals surface area contributed by atoms with E-state index in [4.69, 9.17) is 14.2 Å². The molecule has 1 N–H and O–H groups in total. The number of fused-ring (bicyclic) bond motifs is 1. The monoisotopic (exact) mass is 449 g/mol. The van der Waals surface area contributed by atoms with Crippen molar-refractivity contribution < 1.29 is 23.9 Å². The zero-order chi connectivity index (χ0) is 23.4. The van der Waals surface area contributed by atoms with E-state index in [1.165, 1.54) is 12.1 Å². The number of hydrogen-bond acceptors (Lipinski definition) is 7. The van der Waals surface area contributed by atoms with Gasteiger partial charge in [0.25, 0.3) is 5.69 Å². The molecule has 9 heteroatoms. The van der Waals surface area contributed by atoms with Crippen LogP contribution in [0.15, 0.2) is 66.7 Å². The molecule has 4 rings (SSSR count). The van der Waals surface area contributed by atoms with Crippen molar-refractivity contribution in [2.45, 2.75) is 12.6 Å². The smallest absolute Gasteiger partial charge is 0.278 e. The molecule has 0 saturated carbocycles. The van der Waals surface area contributed by atoms with Gasteiger partial charge in [-0.3, -0.25) is 19.8 Å². The SMILES string of the molecule is COc1ccc(NC(=O)[C@H](c2cc3c(cc2[N+](=O)[O-])OCO3)N(C)Cc2ccccc2)cc1. The normalized spacial score (nSPS) is 12.9.